The van der Waals surface area contributed by atoms with Crippen molar-refractivity contribution in [3.8, 4) is 5.75 Å². The third-order valence-electron chi connectivity index (χ3n) is 5.49. The van der Waals surface area contributed by atoms with E-state index in [1.807, 2.05) is 0 Å². The van der Waals surface area contributed by atoms with E-state index in [-0.39, 0.29) is 23.9 Å². The zero-order valence-corrected chi connectivity index (χ0v) is 16.4. The van der Waals surface area contributed by atoms with Crippen molar-refractivity contribution in [3.63, 3.8) is 0 Å². The average Bonchev–Trinajstić information content (AvgIpc) is 3.40. The highest BCUT2D eigenvalue weighted by Crippen LogP contribution is 2.44. The zero-order chi connectivity index (χ0) is 21.3. The second kappa shape index (κ2) is 8.17. The maximum Gasteiger partial charge on any atom is 0.410 e. The van der Waals surface area contributed by atoms with Crippen molar-refractivity contribution >= 4 is 11.7 Å². The number of halogens is 3. The Labute approximate surface area is 171 Å². The van der Waals surface area contributed by atoms with Gasteiger partial charge >= 0.3 is 6.18 Å². The normalized spacial score (nSPS) is 23.5. The molecule has 2 aliphatic rings. The molecule has 162 valence electrons. The van der Waals surface area contributed by atoms with Crippen LogP contribution in [0.4, 0.5) is 19.0 Å². The number of nitrogens with zero attached hydrogens (tertiary/aromatic N) is 2. The third-order valence-corrected chi connectivity index (χ3v) is 5.49. The Morgan fingerprint density at radius 3 is 2.97 bits per heavy atom. The number of hydrogen-bond acceptors (Lipinski definition) is 5. The fraction of sp³-hybridized carbons (Fsp3) is 0.500. The molecule has 30 heavy (non-hydrogen) atoms. The largest absolute Gasteiger partial charge is 0.497 e. The molecule has 1 saturated heterocycles. The first-order valence-electron chi connectivity index (χ1n) is 9.81. The molecule has 0 bridgehead atoms. The first kappa shape index (κ1) is 20.5. The van der Waals surface area contributed by atoms with Crippen molar-refractivity contribution in [2.45, 2.75) is 43.6 Å². The minimum absolute atomic E-state index is 0.0567. The third kappa shape index (κ3) is 4.09. The fourth-order valence-electron chi connectivity index (χ4n) is 3.91. The van der Waals surface area contributed by atoms with Crippen molar-refractivity contribution in [2.75, 3.05) is 25.6 Å². The van der Waals surface area contributed by atoms with E-state index in [9.17, 15) is 18.0 Å². The number of carbonyl (C=O) groups is 1. The Morgan fingerprint density at radius 1 is 1.43 bits per heavy atom. The van der Waals surface area contributed by atoms with Crippen LogP contribution in [0.1, 0.15) is 47.3 Å². The summed E-state index contributed by atoms with van der Waals surface area (Å²) in [5.74, 6) is 0.124. The molecule has 1 aromatic carbocycles. The fourth-order valence-corrected chi connectivity index (χ4v) is 3.91. The number of nitrogens with one attached hydrogen (secondary N) is 2. The predicted octanol–water partition coefficient (Wildman–Crippen LogP) is 3.46. The van der Waals surface area contributed by atoms with Crippen LogP contribution in [0.5, 0.6) is 5.75 Å². The molecule has 0 radical (unpaired) electrons. The number of anilines is 1. The number of aromatic nitrogens is 2. The molecule has 10 heteroatoms. The van der Waals surface area contributed by atoms with Gasteiger partial charge < -0.3 is 20.1 Å². The van der Waals surface area contributed by atoms with Gasteiger partial charge in [-0.05, 0) is 30.5 Å². The molecule has 1 fully saturated rings. The molecule has 7 nitrogen and oxygen atoms in total. The summed E-state index contributed by atoms with van der Waals surface area (Å²) >= 11 is 0. The number of ether oxygens (including phenoxy) is 2. The Kier molecular flexibility index (Phi) is 5.59. The highest BCUT2D eigenvalue weighted by molar-refractivity contribution is 5.98. The van der Waals surface area contributed by atoms with Gasteiger partial charge in [0.2, 0.25) is 0 Å². The maximum absolute atomic E-state index is 13.8. The molecule has 0 saturated carbocycles. The lowest BCUT2D eigenvalue weighted by Crippen LogP contribution is -2.37. The van der Waals surface area contributed by atoms with Crippen LogP contribution < -0.4 is 15.4 Å². The van der Waals surface area contributed by atoms with Crippen LogP contribution in [0, 0.1) is 0 Å². The van der Waals surface area contributed by atoms with Gasteiger partial charge in [-0.2, -0.15) is 18.3 Å². The van der Waals surface area contributed by atoms with Gasteiger partial charge in [-0.1, -0.05) is 12.1 Å². The molecular weight excluding hydrogens is 401 g/mol. The summed E-state index contributed by atoms with van der Waals surface area (Å²) in [4.78, 5) is 12.7. The summed E-state index contributed by atoms with van der Waals surface area (Å²) in [6.45, 7) is 0.965. The van der Waals surface area contributed by atoms with Gasteiger partial charge in [-0.25, -0.2) is 4.68 Å². The molecule has 3 heterocycles. The molecule has 2 aliphatic heterocycles. The lowest BCUT2D eigenvalue weighted by molar-refractivity contribution is -0.173. The summed E-state index contributed by atoms with van der Waals surface area (Å²) in [5.41, 5.74) is 0.719. The number of rotatable bonds is 5. The lowest BCUT2D eigenvalue weighted by Gasteiger charge is -2.34. The smallest absolute Gasteiger partial charge is 0.410 e. The number of hydrogen-bond donors (Lipinski definition) is 2. The molecule has 1 unspecified atom stereocenters. The minimum Gasteiger partial charge on any atom is -0.497 e. The Morgan fingerprint density at radius 2 is 2.27 bits per heavy atom. The molecule has 1 amide bonds. The van der Waals surface area contributed by atoms with E-state index in [2.05, 4.69) is 15.7 Å². The topological polar surface area (TPSA) is 77.4 Å². The molecule has 1 aromatic heterocycles. The second-order valence-electron chi connectivity index (χ2n) is 7.46. The van der Waals surface area contributed by atoms with Gasteiger partial charge in [0, 0.05) is 19.6 Å². The van der Waals surface area contributed by atoms with E-state index in [1.165, 1.54) is 13.3 Å². The van der Waals surface area contributed by atoms with Crippen LogP contribution in [0.25, 0.3) is 0 Å². The monoisotopic (exact) mass is 424 g/mol. The van der Waals surface area contributed by atoms with Gasteiger partial charge in [0.15, 0.2) is 6.04 Å². The van der Waals surface area contributed by atoms with Crippen LogP contribution in [-0.4, -0.2) is 48.2 Å². The molecule has 2 N–H and O–H groups in total. The average molecular weight is 424 g/mol. The van der Waals surface area contributed by atoms with E-state index < -0.39 is 24.2 Å². The van der Waals surface area contributed by atoms with Crippen molar-refractivity contribution in [1.29, 1.82) is 0 Å². The highest BCUT2D eigenvalue weighted by Gasteiger charge is 2.47. The van der Waals surface area contributed by atoms with Gasteiger partial charge in [-0.15, -0.1) is 0 Å². The van der Waals surface area contributed by atoms with Crippen LogP contribution in [0.15, 0.2) is 30.5 Å². The Hall–Kier alpha value is -2.75. The quantitative estimate of drug-likeness (QED) is 0.769. The second-order valence-corrected chi connectivity index (χ2v) is 7.46. The molecule has 4 rings (SSSR count). The summed E-state index contributed by atoms with van der Waals surface area (Å²) in [6, 6.07) is 4.37. The van der Waals surface area contributed by atoms with Crippen LogP contribution in [0.3, 0.4) is 0 Å². The first-order chi connectivity index (χ1) is 14.4. The summed E-state index contributed by atoms with van der Waals surface area (Å²) in [7, 11) is 1.50. The predicted molar refractivity (Wildman–Crippen MR) is 103 cm³/mol. The van der Waals surface area contributed by atoms with Gasteiger partial charge in [0.25, 0.3) is 5.91 Å². The van der Waals surface area contributed by atoms with E-state index in [1.54, 1.807) is 24.3 Å². The summed E-state index contributed by atoms with van der Waals surface area (Å²) in [5, 5.41) is 9.71. The zero-order valence-electron chi connectivity index (χ0n) is 16.4. The summed E-state index contributed by atoms with van der Waals surface area (Å²) < 4.78 is 52.9. The van der Waals surface area contributed by atoms with E-state index >= 15 is 0 Å². The molecule has 0 aliphatic carbocycles. The number of amides is 1. The molecule has 3 atom stereocenters. The molecule has 0 spiro atoms. The Bertz CT molecular complexity index is 909. The Balaban J connectivity index is 1.61. The van der Waals surface area contributed by atoms with Crippen molar-refractivity contribution in [1.82, 2.24) is 15.1 Å². The number of methoxy groups -OCH3 is 1. The van der Waals surface area contributed by atoms with E-state index in [0.29, 0.717) is 24.5 Å². The number of benzene rings is 1. The minimum atomic E-state index is -4.51. The van der Waals surface area contributed by atoms with Crippen LogP contribution >= 0.6 is 0 Å². The van der Waals surface area contributed by atoms with Gasteiger partial charge in [0.05, 0.1) is 25.5 Å². The van der Waals surface area contributed by atoms with Gasteiger partial charge in [0.1, 0.15) is 17.1 Å². The van der Waals surface area contributed by atoms with Crippen LogP contribution in [0.2, 0.25) is 0 Å². The number of fused-ring (bicyclic) bond motifs is 1. The van der Waals surface area contributed by atoms with Crippen molar-refractivity contribution in [2.24, 2.45) is 0 Å². The molecular formula is C20H23F3N4O3. The SMILES string of the molecule is COc1cccc([C@H]2C[C@@H](C(F)(F)F)n3ncc(C(=O)NCC4CCCO4)c3N2)c1. The van der Waals surface area contributed by atoms with E-state index in [0.717, 1.165) is 17.5 Å². The lowest BCUT2D eigenvalue weighted by atomic mass is 9.96. The number of alkyl halides is 3. The van der Waals surface area contributed by atoms with E-state index in [4.69, 9.17) is 9.47 Å². The van der Waals surface area contributed by atoms with Crippen LogP contribution in [-0.2, 0) is 4.74 Å². The van der Waals surface area contributed by atoms with Gasteiger partial charge in [-0.3, -0.25) is 4.79 Å². The van der Waals surface area contributed by atoms with Crippen molar-refractivity contribution < 1.29 is 27.4 Å². The summed E-state index contributed by atoms with van der Waals surface area (Å²) in [6.07, 6.45) is -1.87. The standard InChI is InChI=1S/C20H23F3N4O3/c1-29-13-5-2-4-12(8-13)16-9-17(20(21,22)23)27-18(26-16)15(11-25-27)19(28)24-10-14-6-3-7-30-14/h2,4-5,8,11,14,16-17,26H,3,6-7,9-10H2,1H3,(H,24,28)/t14?,16-,17+/m1/s1. The number of carbonyl (C=O) groups excluding carboxylic acids is 1. The highest BCUT2D eigenvalue weighted by atomic mass is 19.4. The first-order valence-corrected chi connectivity index (χ1v) is 9.81. The maximum atomic E-state index is 13.8. The molecule has 2 aromatic rings. The van der Waals surface area contributed by atoms with Crippen molar-refractivity contribution in [3.05, 3.63) is 41.6 Å².